The van der Waals surface area contributed by atoms with E-state index in [-0.39, 0.29) is 26.5 Å². The molecule has 0 bridgehead atoms. The minimum atomic E-state index is -1.16. The number of aromatic nitrogens is 1. The van der Waals surface area contributed by atoms with Crippen molar-refractivity contribution in [2.45, 2.75) is 0 Å². The molecule has 0 unspecified atom stereocenters. The van der Waals surface area contributed by atoms with E-state index in [1.165, 1.54) is 24.3 Å². The number of nitrogens with zero attached hydrogens (tertiary/aromatic N) is 1. The van der Waals surface area contributed by atoms with Gasteiger partial charge in [0, 0.05) is 10.6 Å². The smallest absolute Gasteiger partial charge is 0.354 e. The number of benzene rings is 1. The molecule has 0 saturated heterocycles. The van der Waals surface area contributed by atoms with Crippen molar-refractivity contribution in [1.29, 1.82) is 0 Å². The molecule has 0 amide bonds. The number of halogens is 4. The zero-order chi connectivity index (χ0) is 14.2. The second-order valence-electron chi connectivity index (χ2n) is 3.58. The van der Waals surface area contributed by atoms with Crippen LogP contribution in [0.25, 0.3) is 11.3 Å². The Morgan fingerprint density at radius 3 is 2.37 bits per heavy atom. The fourth-order valence-electron chi connectivity index (χ4n) is 1.48. The quantitative estimate of drug-likeness (QED) is 0.780. The van der Waals surface area contributed by atoms with Gasteiger partial charge in [-0.05, 0) is 24.3 Å². The van der Waals surface area contributed by atoms with E-state index >= 15 is 0 Å². The van der Waals surface area contributed by atoms with Crippen LogP contribution in [-0.2, 0) is 0 Å². The molecule has 1 heterocycles. The minimum absolute atomic E-state index is 0.147. The SMILES string of the molecule is O=C(O)c1ccc(Cl)c(-c2cc(Cl)cc(Cl)c2Cl)n1. The lowest BCUT2D eigenvalue weighted by molar-refractivity contribution is 0.0690. The molecule has 1 aromatic heterocycles. The van der Waals surface area contributed by atoms with Gasteiger partial charge in [0.1, 0.15) is 5.69 Å². The number of rotatable bonds is 2. The molecule has 0 aliphatic rings. The van der Waals surface area contributed by atoms with Crippen molar-refractivity contribution in [1.82, 2.24) is 4.98 Å². The first-order chi connectivity index (χ1) is 8.90. The van der Waals surface area contributed by atoms with E-state index in [1.807, 2.05) is 0 Å². The summed E-state index contributed by atoms with van der Waals surface area (Å²) < 4.78 is 0. The van der Waals surface area contributed by atoms with E-state index in [4.69, 9.17) is 51.5 Å². The van der Waals surface area contributed by atoms with Crippen LogP contribution in [0.15, 0.2) is 24.3 Å². The molecule has 2 aromatic rings. The highest BCUT2D eigenvalue weighted by molar-refractivity contribution is 6.45. The monoisotopic (exact) mass is 335 g/mol. The van der Waals surface area contributed by atoms with Gasteiger partial charge >= 0.3 is 5.97 Å². The van der Waals surface area contributed by atoms with Crippen LogP contribution in [0.3, 0.4) is 0 Å². The third-order valence-corrected chi connectivity index (χ3v) is 3.64. The summed E-state index contributed by atoms with van der Waals surface area (Å²) in [6, 6.07) is 5.73. The average molecular weight is 337 g/mol. The molecule has 2 rings (SSSR count). The van der Waals surface area contributed by atoms with Crippen molar-refractivity contribution in [3.8, 4) is 11.3 Å². The van der Waals surface area contributed by atoms with Gasteiger partial charge in [-0.2, -0.15) is 0 Å². The molecule has 0 atom stereocenters. The van der Waals surface area contributed by atoms with E-state index in [2.05, 4.69) is 4.98 Å². The fraction of sp³-hybridized carbons (Fsp3) is 0. The van der Waals surface area contributed by atoms with Crippen molar-refractivity contribution in [3.63, 3.8) is 0 Å². The standard InChI is InChI=1S/C12H5Cl4NO2/c13-5-3-6(10(16)8(15)4-5)11-7(14)1-2-9(17-11)12(18)19/h1-4H,(H,18,19). The number of hydrogen-bond donors (Lipinski definition) is 1. The van der Waals surface area contributed by atoms with Crippen molar-refractivity contribution in [3.05, 3.63) is 50.0 Å². The molecule has 0 aliphatic carbocycles. The number of pyridine rings is 1. The van der Waals surface area contributed by atoms with Crippen LogP contribution in [0.4, 0.5) is 0 Å². The van der Waals surface area contributed by atoms with Gasteiger partial charge in [0.25, 0.3) is 0 Å². The number of hydrogen-bond acceptors (Lipinski definition) is 2. The van der Waals surface area contributed by atoms with Crippen molar-refractivity contribution >= 4 is 52.4 Å². The predicted molar refractivity (Wildman–Crippen MR) is 76.7 cm³/mol. The van der Waals surface area contributed by atoms with Crippen LogP contribution in [0.1, 0.15) is 10.5 Å². The number of carboxylic acids is 1. The molecule has 1 aromatic carbocycles. The Morgan fingerprint density at radius 1 is 1.05 bits per heavy atom. The van der Waals surface area contributed by atoms with Crippen molar-refractivity contribution < 1.29 is 9.90 Å². The third-order valence-electron chi connectivity index (χ3n) is 2.31. The molecule has 3 nitrogen and oxygen atoms in total. The molecule has 1 N–H and O–H groups in total. The van der Waals surface area contributed by atoms with Gasteiger partial charge in [0.2, 0.25) is 0 Å². The maximum atomic E-state index is 10.9. The summed E-state index contributed by atoms with van der Waals surface area (Å²) >= 11 is 23.9. The minimum Gasteiger partial charge on any atom is -0.477 e. The second-order valence-corrected chi connectivity index (χ2v) is 5.21. The van der Waals surface area contributed by atoms with Crippen LogP contribution in [0.2, 0.25) is 20.1 Å². The first-order valence-electron chi connectivity index (χ1n) is 4.95. The van der Waals surface area contributed by atoms with Gasteiger partial charge in [-0.1, -0.05) is 46.4 Å². The largest absolute Gasteiger partial charge is 0.477 e. The van der Waals surface area contributed by atoms with E-state index < -0.39 is 5.97 Å². The number of carbonyl (C=O) groups is 1. The molecule has 0 aliphatic heterocycles. The maximum absolute atomic E-state index is 10.9. The normalized spacial score (nSPS) is 10.5. The van der Waals surface area contributed by atoms with Crippen LogP contribution in [0.5, 0.6) is 0 Å². The predicted octanol–water partition coefficient (Wildman–Crippen LogP) is 5.06. The van der Waals surface area contributed by atoms with Crippen LogP contribution >= 0.6 is 46.4 Å². The van der Waals surface area contributed by atoms with Crippen molar-refractivity contribution in [2.24, 2.45) is 0 Å². The second kappa shape index (κ2) is 5.55. The Labute approximate surface area is 128 Å². The fourth-order valence-corrected chi connectivity index (χ4v) is 2.38. The molecule has 0 radical (unpaired) electrons. The lowest BCUT2D eigenvalue weighted by atomic mass is 10.1. The zero-order valence-corrected chi connectivity index (χ0v) is 12.1. The summed E-state index contributed by atoms with van der Waals surface area (Å²) in [6.45, 7) is 0. The topological polar surface area (TPSA) is 50.2 Å². The lowest BCUT2D eigenvalue weighted by Gasteiger charge is -2.09. The summed E-state index contributed by atoms with van der Waals surface area (Å²) in [7, 11) is 0. The highest BCUT2D eigenvalue weighted by Gasteiger charge is 2.16. The highest BCUT2D eigenvalue weighted by atomic mass is 35.5. The number of carboxylic acid groups (broad SMARTS) is 1. The molecule has 98 valence electrons. The van der Waals surface area contributed by atoms with E-state index in [0.717, 1.165) is 0 Å². The van der Waals surface area contributed by atoms with Gasteiger partial charge < -0.3 is 5.11 Å². The Hall–Kier alpha value is -1.000. The Balaban J connectivity index is 2.71. The van der Waals surface area contributed by atoms with Gasteiger partial charge in [-0.25, -0.2) is 9.78 Å². The van der Waals surface area contributed by atoms with Gasteiger partial charge in [-0.3, -0.25) is 0 Å². The van der Waals surface area contributed by atoms with Crippen LogP contribution < -0.4 is 0 Å². The summed E-state index contributed by atoms with van der Waals surface area (Å²) in [4.78, 5) is 14.9. The Bertz CT molecular complexity index is 673. The van der Waals surface area contributed by atoms with Gasteiger partial charge in [-0.15, -0.1) is 0 Å². The molecule has 7 heteroatoms. The first-order valence-corrected chi connectivity index (χ1v) is 6.46. The molecular formula is C12H5Cl4NO2. The first kappa shape index (κ1) is 14.4. The van der Waals surface area contributed by atoms with Crippen LogP contribution in [0, 0.1) is 0 Å². The molecular weight excluding hydrogens is 332 g/mol. The Morgan fingerprint density at radius 2 is 1.74 bits per heavy atom. The maximum Gasteiger partial charge on any atom is 0.354 e. The molecule has 0 fully saturated rings. The van der Waals surface area contributed by atoms with E-state index in [1.54, 1.807) is 0 Å². The van der Waals surface area contributed by atoms with Gasteiger partial charge in [0.05, 0.1) is 20.8 Å². The molecule has 0 spiro atoms. The summed E-state index contributed by atoms with van der Waals surface area (Å²) in [5, 5.41) is 9.99. The molecule has 0 saturated carbocycles. The van der Waals surface area contributed by atoms with E-state index in [9.17, 15) is 4.79 Å². The van der Waals surface area contributed by atoms with Gasteiger partial charge in [0.15, 0.2) is 0 Å². The third kappa shape index (κ3) is 2.95. The lowest BCUT2D eigenvalue weighted by Crippen LogP contribution is -2.01. The molecule has 19 heavy (non-hydrogen) atoms. The van der Waals surface area contributed by atoms with Crippen LogP contribution in [-0.4, -0.2) is 16.1 Å². The summed E-state index contributed by atoms with van der Waals surface area (Å²) in [5.41, 5.74) is 0.454. The van der Waals surface area contributed by atoms with E-state index in [0.29, 0.717) is 10.6 Å². The van der Waals surface area contributed by atoms with Crippen molar-refractivity contribution in [2.75, 3.05) is 0 Å². The average Bonchev–Trinajstić information content (AvgIpc) is 2.34. The summed E-state index contributed by atoms with van der Waals surface area (Å²) in [6.07, 6.45) is 0. The number of aromatic carboxylic acids is 1. The highest BCUT2D eigenvalue weighted by Crippen LogP contribution is 2.38. The zero-order valence-electron chi connectivity index (χ0n) is 9.12. The summed E-state index contributed by atoms with van der Waals surface area (Å²) in [5.74, 6) is -1.16. The Kier molecular flexibility index (Phi) is 4.21.